The molecule has 0 aliphatic rings. The lowest BCUT2D eigenvalue weighted by atomic mass is 10.2. The molecular formula is C15H15ClFNO2S. The number of benzene rings is 2. The first-order valence-corrected chi connectivity index (χ1v) is 8.12. The predicted molar refractivity (Wildman–Crippen MR) is 82.9 cm³/mol. The fourth-order valence-corrected chi connectivity index (χ4v) is 3.55. The molecule has 0 spiro atoms. The molecule has 1 N–H and O–H groups in total. The molecule has 0 atom stereocenters. The molecular weight excluding hydrogens is 313 g/mol. The normalized spacial score (nSPS) is 11.5. The first-order chi connectivity index (χ1) is 9.70. The third-order valence-electron chi connectivity index (χ3n) is 3.11. The summed E-state index contributed by atoms with van der Waals surface area (Å²) >= 11 is 5.97. The Morgan fingerprint density at radius 1 is 1.05 bits per heavy atom. The molecule has 0 aromatic heterocycles. The van der Waals surface area contributed by atoms with Gasteiger partial charge in [-0.3, -0.25) is 4.72 Å². The zero-order valence-electron chi connectivity index (χ0n) is 11.9. The van der Waals surface area contributed by atoms with Crippen LogP contribution in [-0.4, -0.2) is 8.42 Å². The first kappa shape index (κ1) is 15.8. The number of sulfonamides is 1. The fraction of sp³-hybridized carbons (Fsp3) is 0.200. The molecule has 0 amide bonds. The van der Waals surface area contributed by atoms with Crippen molar-refractivity contribution in [2.45, 2.75) is 25.7 Å². The standard InChI is InChI=1S/C15H15ClFNO2S/c1-9-4-5-13(17)14(6-9)18-21(19,20)15-8-10(2)12(16)7-11(15)3/h4-8,18H,1-3H3. The lowest BCUT2D eigenvalue weighted by molar-refractivity contribution is 0.598. The molecule has 3 nitrogen and oxygen atoms in total. The van der Waals surface area contributed by atoms with Crippen LogP contribution in [0.4, 0.5) is 10.1 Å². The highest BCUT2D eigenvalue weighted by molar-refractivity contribution is 7.92. The van der Waals surface area contributed by atoms with Crippen molar-refractivity contribution >= 4 is 27.3 Å². The van der Waals surface area contributed by atoms with Gasteiger partial charge in [-0.15, -0.1) is 0 Å². The quantitative estimate of drug-likeness (QED) is 0.918. The van der Waals surface area contributed by atoms with E-state index >= 15 is 0 Å². The lowest BCUT2D eigenvalue weighted by Crippen LogP contribution is -2.15. The van der Waals surface area contributed by atoms with Crippen LogP contribution in [0.25, 0.3) is 0 Å². The highest BCUT2D eigenvalue weighted by atomic mass is 35.5. The average Bonchev–Trinajstić information content (AvgIpc) is 2.37. The molecule has 0 unspecified atom stereocenters. The molecule has 6 heteroatoms. The number of hydrogen-bond acceptors (Lipinski definition) is 2. The van der Waals surface area contributed by atoms with Gasteiger partial charge in [0.1, 0.15) is 5.82 Å². The summed E-state index contributed by atoms with van der Waals surface area (Å²) in [4.78, 5) is 0.0882. The summed E-state index contributed by atoms with van der Waals surface area (Å²) in [5, 5.41) is 0.494. The van der Waals surface area contributed by atoms with Crippen LogP contribution in [0.1, 0.15) is 16.7 Å². The van der Waals surface area contributed by atoms with E-state index in [9.17, 15) is 12.8 Å². The molecule has 0 aliphatic heterocycles. The monoisotopic (exact) mass is 327 g/mol. The SMILES string of the molecule is Cc1ccc(F)c(NS(=O)(=O)c2cc(C)c(Cl)cc2C)c1. The maximum Gasteiger partial charge on any atom is 0.262 e. The molecule has 2 rings (SSSR count). The number of aryl methyl sites for hydroxylation is 3. The number of halogens is 2. The van der Waals surface area contributed by atoms with Gasteiger partial charge in [0, 0.05) is 5.02 Å². The summed E-state index contributed by atoms with van der Waals surface area (Å²) < 4.78 is 40.9. The lowest BCUT2D eigenvalue weighted by Gasteiger charge is -2.13. The molecule has 21 heavy (non-hydrogen) atoms. The van der Waals surface area contributed by atoms with Gasteiger partial charge in [-0.05, 0) is 61.7 Å². The van der Waals surface area contributed by atoms with E-state index in [2.05, 4.69) is 4.72 Å². The number of nitrogens with one attached hydrogen (secondary N) is 1. The van der Waals surface area contributed by atoms with E-state index in [1.54, 1.807) is 32.9 Å². The summed E-state index contributed by atoms with van der Waals surface area (Å²) in [6, 6.07) is 7.31. The Morgan fingerprint density at radius 3 is 2.38 bits per heavy atom. The van der Waals surface area contributed by atoms with Crippen LogP contribution < -0.4 is 4.72 Å². The molecule has 0 radical (unpaired) electrons. The van der Waals surface area contributed by atoms with Crippen LogP contribution in [0.2, 0.25) is 5.02 Å². The molecule has 0 aliphatic carbocycles. The van der Waals surface area contributed by atoms with E-state index in [4.69, 9.17) is 11.6 Å². The molecule has 0 heterocycles. The van der Waals surface area contributed by atoms with Crippen LogP contribution in [0, 0.1) is 26.6 Å². The van der Waals surface area contributed by atoms with Gasteiger partial charge in [-0.25, -0.2) is 12.8 Å². The Balaban J connectivity index is 2.48. The van der Waals surface area contributed by atoms with Gasteiger partial charge >= 0.3 is 0 Å². The van der Waals surface area contributed by atoms with Crippen LogP contribution in [0.3, 0.4) is 0 Å². The average molecular weight is 328 g/mol. The zero-order chi connectivity index (χ0) is 15.8. The minimum Gasteiger partial charge on any atom is -0.277 e. The number of hydrogen-bond donors (Lipinski definition) is 1. The summed E-state index contributed by atoms with van der Waals surface area (Å²) in [6.45, 7) is 5.12. The minimum atomic E-state index is -3.87. The van der Waals surface area contributed by atoms with Crippen LogP contribution in [0.5, 0.6) is 0 Å². The minimum absolute atomic E-state index is 0.0676. The van der Waals surface area contributed by atoms with E-state index in [1.165, 1.54) is 18.2 Å². The Morgan fingerprint density at radius 2 is 1.71 bits per heavy atom. The Labute approximate surface area is 128 Å². The molecule has 0 saturated carbocycles. The van der Waals surface area contributed by atoms with Gasteiger partial charge in [0.2, 0.25) is 0 Å². The van der Waals surface area contributed by atoms with Gasteiger partial charge in [-0.2, -0.15) is 0 Å². The second kappa shape index (κ2) is 5.66. The summed E-state index contributed by atoms with van der Waals surface area (Å²) in [5.41, 5.74) is 1.85. The highest BCUT2D eigenvalue weighted by Crippen LogP contribution is 2.26. The summed E-state index contributed by atoms with van der Waals surface area (Å²) in [7, 11) is -3.87. The van der Waals surface area contributed by atoms with Gasteiger partial charge in [0.05, 0.1) is 10.6 Å². The van der Waals surface area contributed by atoms with E-state index in [1.807, 2.05) is 0 Å². The molecule has 0 fully saturated rings. The largest absolute Gasteiger partial charge is 0.277 e. The van der Waals surface area contributed by atoms with E-state index in [0.717, 1.165) is 5.56 Å². The Bertz CT molecular complexity index is 804. The van der Waals surface area contributed by atoms with Crippen molar-refractivity contribution in [3.05, 3.63) is 57.9 Å². The van der Waals surface area contributed by atoms with Gasteiger partial charge < -0.3 is 0 Å². The van der Waals surface area contributed by atoms with Crippen LogP contribution >= 0.6 is 11.6 Å². The second-order valence-corrected chi connectivity index (χ2v) is 7.01. The van der Waals surface area contributed by atoms with Gasteiger partial charge in [0.25, 0.3) is 10.0 Å². The van der Waals surface area contributed by atoms with Crippen molar-refractivity contribution in [3.63, 3.8) is 0 Å². The smallest absolute Gasteiger partial charge is 0.262 e. The van der Waals surface area contributed by atoms with Gasteiger partial charge in [0.15, 0.2) is 0 Å². The Kier molecular flexibility index (Phi) is 4.25. The van der Waals surface area contributed by atoms with Gasteiger partial charge in [-0.1, -0.05) is 17.7 Å². The zero-order valence-corrected chi connectivity index (χ0v) is 13.4. The molecule has 0 saturated heterocycles. The van der Waals surface area contributed by atoms with Crippen molar-refractivity contribution < 1.29 is 12.8 Å². The van der Waals surface area contributed by atoms with E-state index in [0.29, 0.717) is 16.1 Å². The number of rotatable bonds is 3. The van der Waals surface area contributed by atoms with Crippen LogP contribution in [0.15, 0.2) is 35.2 Å². The third kappa shape index (κ3) is 3.36. The fourth-order valence-electron chi connectivity index (χ4n) is 1.96. The molecule has 112 valence electrons. The second-order valence-electron chi connectivity index (χ2n) is 4.96. The van der Waals surface area contributed by atoms with E-state index < -0.39 is 15.8 Å². The Hall–Kier alpha value is -1.59. The van der Waals surface area contributed by atoms with Crippen molar-refractivity contribution in [1.82, 2.24) is 0 Å². The first-order valence-electron chi connectivity index (χ1n) is 6.26. The predicted octanol–water partition coefficient (Wildman–Crippen LogP) is 4.21. The topological polar surface area (TPSA) is 46.2 Å². The third-order valence-corrected chi connectivity index (χ3v) is 5.03. The molecule has 2 aromatic carbocycles. The molecule has 2 aromatic rings. The maximum atomic E-state index is 13.7. The van der Waals surface area contributed by atoms with Crippen molar-refractivity contribution in [3.8, 4) is 0 Å². The van der Waals surface area contributed by atoms with Crippen LogP contribution in [-0.2, 0) is 10.0 Å². The number of anilines is 1. The van der Waals surface area contributed by atoms with E-state index in [-0.39, 0.29) is 10.6 Å². The highest BCUT2D eigenvalue weighted by Gasteiger charge is 2.19. The summed E-state index contributed by atoms with van der Waals surface area (Å²) in [6.07, 6.45) is 0. The van der Waals surface area contributed by atoms with Crippen molar-refractivity contribution in [1.29, 1.82) is 0 Å². The maximum absolute atomic E-state index is 13.7. The van der Waals surface area contributed by atoms with Crippen molar-refractivity contribution in [2.24, 2.45) is 0 Å². The van der Waals surface area contributed by atoms with Crippen molar-refractivity contribution in [2.75, 3.05) is 4.72 Å². The molecule has 0 bridgehead atoms. The summed E-state index contributed by atoms with van der Waals surface area (Å²) in [5.74, 6) is -0.618.